The van der Waals surface area contributed by atoms with Crippen LogP contribution < -0.4 is 10.1 Å². The summed E-state index contributed by atoms with van der Waals surface area (Å²) >= 11 is 0. The average molecular weight is 244 g/mol. The topological polar surface area (TPSA) is 52.0 Å². The summed E-state index contributed by atoms with van der Waals surface area (Å²) in [7, 11) is 0. The maximum atomic E-state index is 5.76. The molecule has 1 N–H and O–H groups in total. The monoisotopic (exact) mass is 244 g/mol. The van der Waals surface area contributed by atoms with Crippen molar-refractivity contribution in [2.24, 2.45) is 5.92 Å². The minimum atomic E-state index is 0.445. The molecule has 5 nitrogen and oxygen atoms in total. The summed E-state index contributed by atoms with van der Waals surface area (Å²) in [6.07, 6.45) is 7.29. The fraction of sp³-hybridized carbons (Fsp3) is 0.385. The standard InChI is InChI=1S/C13H16N4O/c1-2-13(7-14-3-1)18-9-11-4-15-5-12-6-16-10-17(12)8-11/h1-3,6-7,10-11,15H,4-5,8-9H2. The Labute approximate surface area is 106 Å². The first-order chi connectivity index (χ1) is 8.92. The van der Waals surface area contributed by atoms with Crippen LogP contribution in [0, 0.1) is 5.92 Å². The van der Waals surface area contributed by atoms with Gasteiger partial charge < -0.3 is 14.6 Å². The first-order valence-corrected chi connectivity index (χ1v) is 6.14. The molecule has 0 radical (unpaired) electrons. The van der Waals surface area contributed by atoms with E-state index in [0.717, 1.165) is 25.4 Å². The molecule has 1 aliphatic rings. The molecule has 94 valence electrons. The molecular weight excluding hydrogens is 228 g/mol. The van der Waals surface area contributed by atoms with E-state index in [4.69, 9.17) is 4.74 Å². The van der Waals surface area contributed by atoms with Gasteiger partial charge in [0.05, 0.1) is 24.8 Å². The zero-order valence-electron chi connectivity index (χ0n) is 10.1. The summed E-state index contributed by atoms with van der Waals surface area (Å²) in [5.74, 6) is 1.27. The van der Waals surface area contributed by atoms with Crippen molar-refractivity contribution in [3.8, 4) is 5.75 Å². The quantitative estimate of drug-likeness (QED) is 0.877. The van der Waals surface area contributed by atoms with E-state index >= 15 is 0 Å². The Morgan fingerprint density at radius 2 is 2.39 bits per heavy atom. The number of pyridine rings is 1. The number of nitrogens with zero attached hydrogens (tertiary/aromatic N) is 3. The minimum absolute atomic E-state index is 0.445. The van der Waals surface area contributed by atoms with Gasteiger partial charge in [0, 0.05) is 37.9 Å². The fourth-order valence-electron chi connectivity index (χ4n) is 2.17. The Balaban J connectivity index is 1.61. The third-order valence-corrected chi connectivity index (χ3v) is 3.11. The molecule has 2 aromatic rings. The van der Waals surface area contributed by atoms with Gasteiger partial charge in [-0.05, 0) is 12.1 Å². The van der Waals surface area contributed by atoms with Crippen LogP contribution in [0.2, 0.25) is 0 Å². The molecule has 0 aliphatic carbocycles. The van der Waals surface area contributed by atoms with E-state index in [1.807, 2.05) is 24.7 Å². The Morgan fingerprint density at radius 3 is 3.28 bits per heavy atom. The van der Waals surface area contributed by atoms with Crippen molar-refractivity contribution in [1.29, 1.82) is 0 Å². The van der Waals surface area contributed by atoms with Gasteiger partial charge in [-0.15, -0.1) is 0 Å². The molecule has 0 fully saturated rings. The number of ether oxygens (including phenoxy) is 1. The van der Waals surface area contributed by atoms with Gasteiger partial charge in [0.2, 0.25) is 0 Å². The summed E-state index contributed by atoms with van der Waals surface area (Å²) in [5.41, 5.74) is 1.24. The highest BCUT2D eigenvalue weighted by Crippen LogP contribution is 2.13. The number of hydrogen-bond donors (Lipinski definition) is 1. The van der Waals surface area contributed by atoms with Crippen LogP contribution in [0.15, 0.2) is 37.1 Å². The minimum Gasteiger partial charge on any atom is -0.492 e. The molecule has 1 atom stereocenters. The van der Waals surface area contributed by atoms with Crippen LogP contribution in [0.3, 0.4) is 0 Å². The average Bonchev–Trinajstić information content (AvgIpc) is 2.76. The Morgan fingerprint density at radius 1 is 1.39 bits per heavy atom. The fourth-order valence-corrected chi connectivity index (χ4v) is 2.17. The normalized spacial score (nSPS) is 19.0. The van der Waals surface area contributed by atoms with Crippen molar-refractivity contribution in [2.45, 2.75) is 13.1 Å². The number of nitrogens with one attached hydrogen (secondary N) is 1. The molecule has 0 amide bonds. The van der Waals surface area contributed by atoms with Crippen LogP contribution >= 0.6 is 0 Å². The lowest BCUT2D eigenvalue weighted by molar-refractivity contribution is 0.232. The highest BCUT2D eigenvalue weighted by molar-refractivity contribution is 5.15. The van der Waals surface area contributed by atoms with Crippen LogP contribution in [0.5, 0.6) is 5.75 Å². The second-order valence-corrected chi connectivity index (χ2v) is 4.53. The van der Waals surface area contributed by atoms with Crippen molar-refractivity contribution in [2.75, 3.05) is 13.2 Å². The van der Waals surface area contributed by atoms with E-state index in [0.29, 0.717) is 12.5 Å². The molecule has 18 heavy (non-hydrogen) atoms. The molecule has 3 heterocycles. The molecular formula is C13H16N4O. The van der Waals surface area contributed by atoms with E-state index in [1.54, 1.807) is 12.4 Å². The van der Waals surface area contributed by atoms with Crippen molar-refractivity contribution >= 4 is 0 Å². The second-order valence-electron chi connectivity index (χ2n) is 4.53. The maximum Gasteiger partial charge on any atom is 0.137 e. The molecule has 1 aliphatic heterocycles. The molecule has 0 saturated heterocycles. The molecule has 3 rings (SSSR count). The molecule has 1 unspecified atom stereocenters. The third kappa shape index (κ3) is 2.51. The van der Waals surface area contributed by atoms with Crippen LogP contribution in [-0.2, 0) is 13.1 Å². The summed E-state index contributed by atoms with van der Waals surface area (Å²) in [6, 6.07) is 3.81. The molecule has 0 spiro atoms. The van der Waals surface area contributed by atoms with Crippen LogP contribution in [0.25, 0.3) is 0 Å². The van der Waals surface area contributed by atoms with Gasteiger partial charge in [0.1, 0.15) is 5.75 Å². The molecule has 0 aromatic carbocycles. The predicted octanol–water partition coefficient (Wildman–Crippen LogP) is 1.08. The highest BCUT2D eigenvalue weighted by Gasteiger charge is 2.16. The lowest BCUT2D eigenvalue weighted by Gasteiger charge is -2.16. The number of imidazole rings is 1. The zero-order chi connectivity index (χ0) is 12.2. The van der Waals surface area contributed by atoms with Gasteiger partial charge in [-0.2, -0.15) is 0 Å². The van der Waals surface area contributed by atoms with Gasteiger partial charge in [-0.3, -0.25) is 4.98 Å². The van der Waals surface area contributed by atoms with E-state index in [2.05, 4.69) is 19.9 Å². The Kier molecular flexibility index (Phi) is 3.23. The number of rotatable bonds is 3. The lowest BCUT2D eigenvalue weighted by Crippen LogP contribution is -2.26. The van der Waals surface area contributed by atoms with Gasteiger partial charge in [-0.1, -0.05) is 0 Å². The number of aromatic nitrogens is 3. The predicted molar refractivity (Wildman–Crippen MR) is 67.2 cm³/mol. The number of hydrogen-bond acceptors (Lipinski definition) is 4. The van der Waals surface area contributed by atoms with Crippen molar-refractivity contribution in [3.05, 3.63) is 42.7 Å². The van der Waals surface area contributed by atoms with Gasteiger partial charge in [0.25, 0.3) is 0 Å². The lowest BCUT2D eigenvalue weighted by atomic mass is 10.1. The smallest absolute Gasteiger partial charge is 0.137 e. The van der Waals surface area contributed by atoms with Crippen molar-refractivity contribution < 1.29 is 4.74 Å². The highest BCUT2D eigenvalue weighted by atomic mass is 16.5. The van der Waals surface area contributed by atoms with E-state index < -0.39 is 0 Å². The maximum absolute atomic E-state index is 5.76. The summed E-state index contributed by atoms with van der Waals surface area (Å²) in [4.78, 5) is 8.21. The molecule has 0 bridgehead atoms. The number of fused-ring (bicyclic) bond motifs is 1. The first-order valence-electron chi connectivity index (χ1n) is 6.14. The second kappa shape index (κ2) is 5.18. The Hall–Kier alpha value is -1.88. The Bertz CT molecular complexity index is 497. The van der Waals surface area contributed by atoms with Gasteiger partial charge in [0.15, 0.2) is 0 Å². The SMILES string of the molecule is c1cncc(OCC2CNCc3cncn3C2)c1. The van der Waals surface area contributed by atoms with Gasteiger partial charge in [-0.25, -0.2) is 4.98 Å². The van der Waals surface area contributed by atoms with E-state index in [9.17, 15) is 0 Å². The third-order valence-electron chi connectivity index (χ3n) is 3.11. The van der Waals surface area contributed by atoms with Crippen LogP contribution in [0.4, 0.5) is 0 Å². The summed E-state index contributed by atoms with van der Waals surface area (Å²) < 4.78 is 7.95. The van der Waals surface area contributed by atoms with E-state index in [1.165, 1.54) is 5.69 Å². The first kappa shape index (κ1) is 11.2. The van der Waals surface area contributed by atoms with Gasteiger partial charge >= 0.3 is 0 Å². The van der Waals surface area contributed by atoms with Crippen molar-refractivity contribution in [1.82, 2.24) is 19.9 Å². The summed E-state index contributed by atoms with van der Waals surface area (Å²) in [6.45, 7) is 3.48. The molecule has 2 aromatic heterocycles. The van der Waals surface area contributed by atoms with Crippen LogP contribution in [-0.4, -0.2) is 27.7 Å². The summed E-state index contributed by atoms with van der Waals surface area (Å²) in [5, 5.41) is 3.42. The van der Waals surface area contributed by atoms with E-state index in [-0.39, 0.29) is 0 Å². The molecule has 5 heteroatoms. The van der Waals surface area contributed by atoms with Crippen molar-refractivity contribution in [3.63, 3.8) is 0 Å². The van der Waals surface area contributed by atoms with Crippen LogP contribution in [0.1, 0.15) is 5.69 Å². The zero-order valence-corrected chi connectivity index (χ0v) is 10.1. The largest absolute Gasteiger partial charge is 0.492 e. The molecule has 0 saturated carbocycles.